The summed E-state index contributed by atoms with van der Waals surface area (Å²) in [7, 11) is 0. The summed E-state index contributed by atoms with van der Waals surface area (Å²) < 4.78 is 26.6. The van der Waals surface area contributed by atoms with Gasteiger partial charge in [0, 0.05) is 11.6 Å². The summed E-state index contributed by atoms with van der Waals surface area (Å²) in [5.74, 6) is -0.423. The lowest BCUT2D eigenvalue weighted by Crippen LogP contribution is -2.22. The highest BCUT2D eigenvalue weighted by molar-refractivity contribution is 5.21. The molecule has 1 nitrogen and oxygen atoms in total. The Balaban J connectivity index is 1.88. The van der Waals surface area contributed by atoms with Crippen LogP contribution in [0.5, 0.6) is 0 Å². The molecule has 0 aliphatic heterocycles. The van der Waals surface area contributed by atoms with E-state index in [-0.39, 0.29) is 17.7 Å². The van der Waals surface area contributed by atoms with Crippen molar-refractivity contribution in [2.24, 2.45) is 0 Å². The van der Waals surface area contributed by atoms with Crippen molar-refractivity contribution in [2.45, 2.75) is 19.4 Å². The number of halogens is 2. The maximum absolute atomic E-state index is 13.6. The lowest BCUT2D eigenvalue weighted by atomic mass is 10.1. The third-order valence-corrected chi connectivity index (χ3v) is 3.12. The molecular weight excluding hydrogens is 244 g/mol. The first-order valence-corrected chi connectivity index (χ1v) is 6.39. The van der Waals surface area contributed by atoms with Crippen molar-refractivity contribution in [3.05, 3.63) is 71.3 Å². The van der Waals surface area contributed by atoms with Crippen molar-refractivity contribution in [1.82, 2.24) is 5.32 Å². The highest BCUT2D eigenvalue weighted by Gasteiger charge is 2.08. The van der Waals surface area contributed by atoms with Gasteiger partial charge in [-0.3, -0.25) is 0 Å². The van der Waals surface area contributed by atoms with Crippen LogP contribution < -0.4 is 5.32 Å². The number of nitrogens with one attached hydrogen (secondary N) is 1. The molecule has 0 aliphatic rings. The summed E-state index contributed by atoms with van der Waals surface area (Å²) in [6.45, 7) is 2.60. The molecule has 19 heavy (non-hydrogen) atoms. The SMILES string of the molecule is CC(NCCc1cccc(F)c1)c1ccccc1F. The third-order valence-electron chi connectivity index (χ3n) is 3.12. The fourth-order valence-electron chi connectivity index (χ4n) is 2.06. The first-order valence-electron chi connectivity index (χ1n) is 6.39. The van der Waals surface area contributed by atoms with E-state index in [0.717, 1.165) is 12.0 Å². The van der Waals surface area contributed by atoms with E-state index in [1.54, 1.807) is 18.2 Å². The van der Waals surface area contributed by atoms with Crippen LogP contribution in [-0.2, 0) is 6.42 Å². The first kappa shape index (κ1) is 13.7. The molecule has 0 saturated heterocycles. The quantitative estimate of drug-likeness (QED) is 0.861. The van der Waals surface area contributed by atoms with E-state index >= 15 is 0 Å². The van der Waals surface area contributed by atoms with E-state index in [1.165, 1.54) is 18.2 Å². The Kier molecular flexibility index (Phi) is 4.63. The zero-order valence-corrected chi connectivity index (χ0v) is 10.9. The number of benzene rings is 2. The molecule has 0 fully saturated rings. The average molecular weight is 261 g/mol. The van der Waals surface area contributed by atoms with Crippen LogP contribution in [0.4, 0.5) is 8.78 Å². The Bertz CT molecular complexity index is 540. The number of hydrogen-bond acceptors (Lipinski definition) is 1. The second-order valence-corrected chi connectivity index (χ2v) is 4.58. The predicted octanol–water partition coefficient (Wildman–Crippen LogP) is 3.86. The van der Waals surface area contributed by atoms with Crippen molar-refractivity contribution in [3.63, 3.8) is 0 Å². The Morgan fingerprint density at radius 1 is 1.05 bits per heavy atom. The van der Waals surface area contributed by atoms with Gasteiger partial charge in [-0.1, -0.05) is 30.3 Å². The maximum Gasteiger partial charge on any atom is 0.127 e. The van der Waals surface area contributed by atoms with Crippen LogP contribution in [0, 0.1) is 11.6 Å². The second kappa shape index (κ2) is 6.43. The minimum Gasteiger partial charge on any atom is -0.310 e. The highest BCUT2D eigenvalue weighted by Crippen LogP contribution is 2.15. The van der Waals surface area contributed by atoms with Crippen LogP contribution in [0.2, 0.25) is 0 Å². The van der Waals surface area contributed by atoms with Gasteiger partial charge in [-0.25, -0.2) is 8.78 Å². The van der Waals surface area contributed by atoms with Gasteiger partial charge in [-0.05, 0) is 43.7 Å². The largest absolute Gasteiger partial charge is 0.310 e. The average Bonchev–Trinajstić information content (AvgIpc) is 2.39. The van der Waals surface area contributed by atoms with Gasteiger partial charge in [0.25, 0.3) is 0 Å². The molecule has 0 amide bonds. The first-order chi connectivity index (χ1) is 9.16. The predicted molar refractivity (Wildman–Crippen MR) is 72.9 cm³/mol. The third kappa shape index (κ3) is 3.86. The van der Waals surface area contributed by atoms with Crippen LogP contribution in [-0.4, -0.2) is 6.54 Å². The standard InChI is InChI=1S/C16H17F2N/c1-12(15-7-2-3-8-16(15)18)19-10-9-13-5-4-6-14(17)11-13/h2-8,11-12,19H,9-10H2,1H3. The van der Waals surface area contributed by atoms with Gasteiger partial charge in [-0.15, -0.1) is 0 Å². The molecule has 2 aromatic carbocycles. The maximum atomic E-state index is 13.6. The van der Waals surface area contributed by atoms with Gasteiger partial charge in [0.2, 0.25) is 0 Å². The minimum absolute atomic E-state index is 0.0604. The lowest BCUT2D eigenvalue weighted by molar-refractivity contribution is 0.530. The van der Waals surface area contributed by atoms with Crippen LogP contribution in [0.25, 0.3) is 0 Å². The lowest BCUT2D eigenvalue weighted by Gasteiger charge is -2.15. The van der Waals surface area contributed by atoms with Crippen molar-refractivity contribution in [3.8, 4) is 0 Å². The Labute approximate surface area is 112 Å². The molecule has 0 aromatic heterocycles. The molecule has 0 bridgehead atoms. The van der Waals surface area contributed by atoms with Gasteiger partial charge in [0.1, 0.15) is 11.6 Å². The van der Waals surface area contributed by atoms with Gasteiger partial charge in [0.15, 0.2) is 0 Å². The van der Waals surface area contributed by atoms with E-state index in [0.29, 0.717) is 12.1 Å². The van der Waals surface area contributed by atoms with Crippen molar-refractivity contribution in [1.29, 1.82) is 0 Å². The molecule has 100 valence electrons. The van der Waals surface area contributed by atoms with Crippen LogP contribution in [0.3, 0.4) is 0 Å². The van der Waals surface area contributed by atoms with Gasteiger partial charge >= 0.3 is 0 Å². The van der Waals surface area contributed by atoms with Crippen molar-refractivity contribution < 1.29 is 8.78 Å². The summed E-state index contributed by atoms with van der Waals surface area (Å²) in [6, 6.07) is 13.2. The Morgan fingerprint density at radius 3 is 2.58 bits per heavy atom. The minimum atomic E-state index is -0.223. The van der Waals surface area contributed by atoms with Crippen LogP contribution in [0.1, 0.15) is 24.1 Å². The smallest absolute Gasteiger partial charge is 0.127 e. The van der Waals surface area contributed by atoms with Gasteiger partial charge in [0.05, 0.1) is 0 Å². The van der Waals surface area contributed by atoms with Crippen LogP contribution >= 0.6 is 0 Å². The molecule has 0 spiro atoms. The summed E-state index contributed by atoms with van der Waals surface area (Å²) in [6.07, 6.45) is 0.719. The zero-order valence-electron chi connectivity index (χ0n) is 10.9. The molecule has 0 saturated carbocycles. The second-order valence-electron chi connectivity index (χ2n) is 4.58. The fourth-order valence-corrected chi connectivity index (χ4v) is 2.06. The Hall–Kier alpha value is -1.74. The summed E-state index contributed by atoms with van der Waals surface area (Å²) in [4.78, 5) is 0. The highest BCUT2D eigenvalue weighted by atomic mass is 19.1. The molecule has 2 aromatic rings. The fraction of sp³-hybridized carbons (Fsp3) is 0.250. The molecule has 2 rings (SSSR count). The van der Waals surface area contributed by atoms with Gasteiger partial charge in [-0.2, -0.15) is 0 Å². The van der Waals surface area contributed by atoms with Crippen molar-refractivity contribution in [2.75, 3.05) is 6.54 Å². The molecule has 3 heteroatoms. The summed E-state index contributed by atoms with van der Waals surface area (Å²) in [5.41, 5.74) is 1.59. The topological polar surface area (TPSA) is 12.0 Å². The number of hydrogen-bond donors (Lipinski definition) is 1. The molecule has 1 unspecified atom stereocenters. The normalized spacial score (nSPS) is 12.4. The van der Waals surface area contributed by atoms with E-state index in [2.05, 4.69) is 5.32 Å². The molecule has 0 radical (unpaired) electrons. The number of rotatable bonds is 5. The Morgan fingerprint density at radius 2 is 1.84 bits per heavy atom. The van der Waals surface area contributed by atoms with Gasteiger partial charge < -0.3 is 5.32 Å². The molecule has 1 atom stereocenters. The monoisotopic (exact) mass is 261 g/mol. The van der Waals surface area contributed by atoms with Crippen molar-refractivity contribution >= 4 is 0 Å². The van der Waals surface area contributed by atoms with E-state index in [1.807, 2.05) is 19.1 Å². The molecular formula is C16H17F2N. The van der Waals surface area contributed by atoms with E-state index in [4.69, 9.17) is 0 Å². The van der Waals surface area contributed by atoms with Crippen LogP contribution in [0.15, 0.2) is 48.5 Å². The molecule has 1 N–H and O–H groups in total. The molecule has 0 aliphatic carbocycles. The summed E-state index contributed by atoms with van der Waals surface area (Å²) in [5, 5.41) is 3.25. The zero-order chi connectivity index (χ0) is 13.7. The van der Waals surface area contributed by atoms with E-state index < -0.39 is 0 Å². The van der Waals surface area contributed by atoms with E-state index in [9.17, 15) is 8.78 Å². The molecule has 0 heterocycles. The summed E-state index contributed by atoms with van der Waals surface area (Å²) >= 11 is 0.